The summed E-state index contributed by atoms with van der Waals surface area (Å²) in [6.45, 7) is 2.16. The average molecular weight is 270 g/mol. The van der Waals surface area contributed by atoms with Crippen molar-refractivity contribution in [1.29, 1.82) is 0 Å². The summed E-state index contributed by atoms with van der Waals surface area (Å²) in [5, 5.41) is 0.716. The van der Waals surface area contributed by atoms with Crippen LogP contribution in [0.3, 0.4) is 0 Å². The first-order valence-corrected chi connectivity index (χ1v) is 6.98. The van der Waals surface area contributed by atoms with Crippen molar-refractivity contribution >= 4 is 21.6 Å². The van der Waals surface area contributed by atoms with Crippen LogP contribution in [0.2, 0.25) is 0 Å². The molecule has 0 amide bonds. The molecule has 0 bridgehead atoms. The summed E-state index contributed by atoms with van der Waals surface area (Å²) in [4.78, 5) is 18.3. The van der Waals surface area contributed by atoms with Gasteiger partial charge in [-0.25, -0.2) is 4.98 Å². The summed E-state index contributed by atoms with van der Waals surface area (Å²) in [7, 11) is 1.73. The zero-order valence-corrected chi connectivity index (χ0v) is 11.6. The summed E-state index contributed by atoms with van der Waals surface area (Å²) < 4.78 is 1.52. The van der Waals surface area contributed by atoms with E-state index >= 15 is 0 Å². The minimum absolute atomic E-state index is 0.0211. The zero-order chi connectivity index (χ0) is 13.4. The van der Waals surface area contributed by atoms with E-state index in [1.54, 1.807) is 24.7 Å². The van der Waals surface area contributed by atoms with Gasteiger partial charge in [0.25, 0.3) is 5.56 Å². The first kappa shape index (κ1) is 12.1. The van der Waals surface area contributed by atoms with Crippen molar-refractivity contribution in [2.75, 3.05) is 0 Å². The van der Waals surface area contributed by atoms with E-state index < -0.39 is 0 Å². The summed E-state index contributed by atoms with van der Waals surface area (Å²) in [5.74, 6) is 0.283. The number of nitrogens with zero attached hydrogens (tertiary/aromatic N) is 2. The molecule has 0 fully saturated rings. The van der Waals surface area contributed by atoms with Gasteiger partial charge in [-0.05, 0) is 11.6 Å². The number of aromatic nitrogens is 2. The summed E-state index contributed by atoms with van der Waals surface area (Å²) >= 11 is 1.60. The highest BCUT2D eigenvalue weighted by Crippen LogP contribution is 2.31. The van der Waals surface area contributed by atoms with Crippen LogP contribution < -0.4 is 5.56 Å². The Bertz CT molecular complexity index is 774. The molecule has 19 heavy (non-hydrogen) atoms. The highest BCUT2D eigenvalue weighted by molar-refractivity contribution is 7.18. The summed E-state index contributed by atoms with van der Waals surface area (Å²) in [6.07, 6.45) is 1.58. The van der Waals surface area contributed by atoms with Crippen molar-refractivity contribution in [2.24, 2.45) is 7.05 Å². The Hall–Kier alpha value is -1.94. The molecule has 2 heterocycles. The number of rotatable bonds is 2. The SMILES string of the molecule is CC(c1ccccc1)c1cc2c(=O)n(C)cnc2s1. The van der Waals surface area contributed by atoms with E-state index in [0.717, 1.165) is 4.83 Å². The minimum atomic E-state index is 0.0211. The monoisotopic (exact) mass is 270 g/mol. The second-order valence-electron chi connectivity index (χ2n) is 4.66. The van der Waals surface area contributed by atoms with Crippen LogP contribution in [0, 0.1) is 0 Å². The van der Waals surface area contributed by atoms with Crippen molar-refractivity contribution in [1.82, 2.24) is 9.55 Å². The second kappa shape index (κ2) is 4.63. The number of fused-ring (bicyclic) bond motifs is 1. The first-order valence-electron chi connectivity index (χ1n) is 6.17. The van der Waals surface area contributed by atoms with Crippen LogP contribution in [-0.2, 0) is 7.05 Å². The lowest BCUT2D eigenvalue weighted by molar-refractivity contribution is 0.844. The second-order valence-corrected chi connectivity index (χ2v) is 5.72. The Morgan fingerprint density at radius 3 is 2.74 bits per heavy atom. The standard InChI is InChI=1S/C15H14N2OS/c1-10(11-6-4-3-5-7-11)13-8-12-14(19-13)16-9-17(2)15(12)18/h3-10H,1-2H3. The van der Waals surface area contributed by atoms with Gasteiger partial charge in [-0.2, -0.15) is 0 Å². The molecule has 0 aliphatic carbocycles. The summed E-state index contributed by atoms with van der Waals surface area (Å²) in [6, 6.07) is 12.3. The highest BCUT2D eigenvalue weighted by atomic mass is 32.1. The number of hydrogen-bond acceptors (Lipinski definition) is 3. The summed E-state index contributed by atoms with van der Waals surface area (Å²) in [5.41, 5.74) is 1.28. The largest absolute Gasteiger partial charge is 0.302 e. The molecule has 0 spiro atoms. The Balaban J connectivity index is 2.12. The zero-order valence-electron chi connectivity index (χ0n) is 10.8. The van der Waals surface area contributed by atoms with E-state index in [0.29, 0.717) is 5.39 Å². The normalized spacial score (nSPS) is 12.7. The molecular weight excluding hydrogens is 256 g/mol. The maximum Gasteiger partial charge on any atom is 0.261 e. The molecule has 3 aromatic rings. The number of aryl methyl sites for hydroxylation is 1. The third kappa shape index (κ3) is 2.08. The quantitative estimate of drug-likeness (QED) is 0.717. The van der Waals surface area contributed by atoms with Gasteiger partial charge in [-0.1, -0.05) is 37.3 Å². The fraction of sp³-hybridized carbons (Fsp3) is 0.200. The smallest absolute Gasteiger partial charge is 0.261 e. The Labute approximate surface area is 115 Å². The van der Waals surface area contributed by atoms with Gasteiger partial charge < -0.3 is 4.57 Å². The molecule has 3 rings (SSSR count). The lowest BCUT2D eigenvalue weighted by Gasteiger charge is -2.08. The molecule has 0 saturated carbocycles. The topological polar surface area (TPSA) is 34.9 Å². The minimum Gasteiger partial charge on any atom is -0.302 e. The third-order valence-electron chi connectivity index (χ3n) is 3.36. The molecule has 0 N–H and O–H groups in total. The van der Waals surface area contributed by atoms with E-state index in [1.165, 1.54) is 15.0 Å². The van der Waals surface area contributed by atoms with Crippen LogP contribution >= 0.6 is 11.3 Å². The lowest BCUT2D eigenvalue weighted by Crippen LogP contribution is -2.15. The van der Waals surface area contributed by atoms with Gasteiger partial charge in [0.2, 0.25) is 0 Å². The van der Waals surface area contributed by atoms with E-state index in [1.807, 2.05) is 24.3 Å². The highest BCUT2D eigenvalue weighted by Gasteiger charge is 2.14. The molecule has 2 aromatic heterocycles. The van der Waals surface area contributed by atoms with Crippen LogP contribution in [0.5, 0.6) is 0 Å². The van der Waals surface area contributed by atoms with Crippen LogP contribution in [0.1, 0.15) is 23.3 Å². The molecule has 0 saturated heterocycles. The Morgan fingerprint density at radius 2 is 2.00 bits per heavy atom. The number of hydrogen-bond donors (Lipinski definition) is 0. The Kier molecular flexibility index (Phi) is 2.95. The van der Waals surface area contributed by atoms with Crippen molar-refractivity contribution in [3.8, 4) is 0 Å². The lowest BCUT2D eigenvalue weighted by atomic mass is 10.00. The molecule has 0 aliphatic rings. The van der Waals surface area contributed by atoms with E-state index in [4.69, 9.17) is 0 Å². The number of benzene rings is 1. The van der Waals surface area contributed by atoms with E-state index in [2.05, 4.69) is 24.0 Å². The predicted octanol–water partition coefficient (Wildman–Crippen LogP) is 3.15. The van der Waals surface area contributed by atoms with Crippen molar-refractivity contribution in [3.05, 3.63) is 63.5 Å². The van der Waals surface area contributed by atoms with Gasteiger partial charge in [0.1, 0.15) is 4.83 Å². The van der Waals surface area contributed by atoms with Gasteiger partial charge in [0.15, 0.2) is 0 Å². The fourth-order valence-electron chi connectivity index (χ4n) is 2.15. The maximum atomic E-state index is 12.0. The molecule has 0 radical (unpaired) electrons. The maximum absolute atomic E-state index is 12.0. The average Bonchev–Trinajstić information content (AvgIpc) is 2.88. The van der Waals surface area contributed by atoms with Gasteiger partial charge >= 0.3 is 0 Å². The molecule has 1 aromatic carbocycles. The fourth-order valence-corrected chi connectivity index (χ4v) is 3.22. The molecule has 3 nitrogen and oxygen atoms in total. The van der Waals surface area contributed by atoms with Crippen LogP contribution in [0.25, 0.3) is 10.2 Å². The molecule has 1 atom stereocenters. The molecule has 0 aliphatic heterocycles. The van der Waals surface area contributed by atoms with Gasteiger partial charge in [0.05, 0.1) is 11.7 Å². The first-order chi connectivity index (χ1) is 9.16. The van der Waals surface area contributed by atoms with E-state index in [9.17, 15) is 4.79 Å². The van der Waals surface area contributed by atoms with Gasteiger partial charge in [-0.3, -0.25) is 4.79 Å². The van der Waals surface area contributed by atoms with Crippen molar-refractivity contribution in [2.45, 2.75) is 12.8 Å². The molecule has 96 valence electrons. The van der Waals surface area contributed by atoms with Gasteiger partial charge in [0, 0.05) is 17.8 Å². The van der Waals surface area contributed by atoms with Gasteiger partial charge in [-0.15, -0.1) is 11.3 Å². The van der Waals surface area contributed by atoms with Crippen LogP contribution in [-0.4, -0.2) is 9.55 Å². The van der Waals surface area contributed by atoms with E-state index in [-0.39, 0.29) is 11.5 Å². The van der Waals surface area contributed by atoms with Crippen molar-refractivity contribution in [3.63, 3.8) is 0 Å². The van der Waals surface area contributed by atoms with Crippen molar-refractivity contribution < 1.29 is 0 Å². The van der Waals surface area contributed by atoms with Crippen LogP contribution in [0.15, 0.2) is 47.5 Å². The molecular formula is C15H14N2OS. The molecule has 1 unspecified atom stereocenters. The number of thiophene rings is 1. The predicted molar refractivity (Wildman–Crippen MR) is 78.8 cm³/mol. The third-order valence-corrected chi connectivity index (χ3v) is 4.58. The Morgan fingerprint density at radius 1 is 1.26 bits per heavy atom. The molecule has 4 heteroatoms. The van der Waals surface area contributed by atoms with Crippen LogP contribution in [0.4, 0.5) is 0 Å².